The van der Waals surface area contributed by atoms with Crippen LogP contribution in [0.25, 0.3) is 0 Å². The van der Waals surface area contributed by atoms with Crippen molar-refractivity contribution in [2.75, 3.05) is 59.8 Å². The molecule has 0 aliphatic carbocycles. The first-order chi connectivity index (χ1) is 21.0. The molecular weight excluding hydrogens is 582 g/mol. The third kappa shape index (κ3) is 10.3. The van der Waals surface area contributed by atoms with Crippen LogP contribution in [0, 0.1) is 0 Å². The molecule has 0 aliphatic rings. The van der Waals surface area contributed by atoms with E-state index in [1.165, 1.54) is 19.3 Å². The number of pyridine rings is 1. The highest BCUT2D eigenvalue weighted by atomic mass is 16.5. The van der Waals surface area contributed by atoms with E-state index in [-0.39, 0.29) is 30.9 Å². The van der Waals surface area contributed by atoms with Crippen molar-refractivity contribution < 1.29 is 48.7 Å². The van der Waals surface area contributed by atoms with E-state index in [1.807, 2.05) is 6.92 Å². The topological polar surface area (TPSA) is 227 Å². The lowest BCUT2D eigenvalue weighted by atomic mass is 10.1. The van der Waals surface area contributed by atoms with Gasteiger partial charge >= 0.3 is 0 Å². The molecule has 2 rings (SSSR count). The number of nitrogens with one attached hydrogen (secondary N) is 4. The van der Waals surface area contributed by atoms with Crippen molar-refractivity contribution in [1.29, 1.82) is 0 Å². The molecule has 0 aliphatic heterocycles. The van der Waals surface area contributed by atoms with Gasteiger partial charge in [-0.2, -0.15) is 0 Å². The van der Waals surface area contributed by atoms with Gasteiger partial charge in [-0.3, -0.25) is 24.0 Å². The Balaban J connectivity index is 2.13. The first-order valence-electron chi connectivity index (χ1n) is 13.8. The minimum atomic E-state index is -1.42. The van der Waals surface area contributed by atoms with Crippen LogP contribution in [0.2, 0.25) is 0 Å². The molecule has 1 atom stereocenters. The van der Waals surface area contributed by atoms with Gasteiger partial charge in [0.25, 0.3) is 23.3 Å². The SMILES string of the molecule is CCCNC(=O)c1ccc(C(=O)N[C@@H](CNC(=O)c2ccn(C)c(=O)c2O)C(=O)NCCOCCOCCOC)c(O)c1O. The van der Waals surface area contributed by atoms with Gasteiger partial charge in [-0.15, -0.1) is 0 Å². The zero-order chi connectivity index (χ0) is 32.6. The van der Waals surface area contributed by atoms with E-state index in [1.54, 1.807) is 7.11 Å². The van der Waals surface area contributed by atoms with Gasteiger partial charge in [-0.1, -0.05) is 6.92 Å². The van der Waals surface area contributed by atoms with Crippen molar-refractivity contribution in [3.8, 4) is 17.2 Å². The van der Waals surface area contributed by atoms with Gasteiger partial charge < -0.3 is 55.4 Å². The fourth-order valence-corrected chi connectivity index (χ4v) is 3.65. The van der Waals surface area contributed by atoms with Gasteiger partial charge in [0, 0.05) is 40.0 Å². The second-order valence-corrected chi connectivity index (χ2v) is 9.35. The van der Waals surface area contributed by atoms with Crippen LogP contribution in [0.15, 0.2) is 29.2 Å². The van der Waals surface area contributed by atoms with Crippen LogP contribution in [0.5, 0.6) is 17.2 Å². The first kappa shape index (κ1) is 35.5. The molecule has 1 heterocycles. The van der Waals surface area contributed by atoms with E-state index in [4.69, 9.17) is 14.2 Å². The van der Waals surface area contributed by atoms with E-state index in [9.17, 15) is 39.3 Å². The molecule has 242 valence electrons. The molecule has 4 amide bonds. The summed E-state index contributed by atoms with van der Waals surface area (Å²) in [4.78, 5) is 63.0. The Bertz CT molecular complexity index is 1360. The van der Waals surface area contributed by atoms with Crippen molar-refractivity contribution in [1.82, 2.24) is 25.8 Å². The number of rotatable bonds is 18. The summed E-state index contributed by atoms with van der Waals surface area (Å²) in [5.41, 5.74) is -1.86. The number of nitrogens with zero attached hydrogens (tertiary/aromatic N) is 1. The first-order valence-corrected chi connectivity index (χ1v) is 13.8. The van der Waals surface area contributed by atoms with Crippen LogP contribution < -0.4 is 26.8 Å². The number of carbonyl (C=O) groups excluding carboxylic acids is 4. The number of methoxy groups -OCH3 is 1. The number of hydrogen-bond acceptors (Lipinski definition) is 11. The van der Waals surface area contributed by atoms with Gasteiger partial charge in [-0.05, 0) is 24.6 Å². The zero-order valence-corrected chi connectivity index (χ0v) is 24.8. The Morgan fingerprint density at radius 2 is 1.34 bits per heavy atom. The van der Waals surface area contributed by atoms with Crippen LogP contribution in [0.4, 0.5) is 0 Å². The molecule has 16 nitrogen and oxygen atoms in total. The molecule has 0 bridgehead atoms. The summed E-state index contributed by atoms with van der Waals surface area (Å²) in [6.07, 6.45) is 1.90. The standard InChI is InChI=1S/C28H39N5O11/c1-4-8-29-24(37)17-5-6-18(22(35)21(17)34)26(39)32-20(27(40)30-9-11-43-14-15-44-13-12-42-3)16-31-25(38)19-7-10-33(2)28(41)23(19)36/h5-7,10,20,34-36H,4,8-9,11-16H2,1-3H3,(H,29,37)(H,30,40)(H,31,38)(H,32,39)/t20-/m0/s1. The minimum absolute atomic E-state index is 0.0281. The summed E-state index contributed by atoms with van der Waals surface area (Å²) in [6.45, 7) is 3.20. The van der Waals surface area contributed by atoms with E-state index < -0.39 is 64.6 Å². The predicted octanol–water partition coefficient (Wildman–Crippen LogP) is -1.03. The molecular formula is C28H39N5O11. The molecule has 16 heteroatoms. The second-order valence-electron chi connectivity index (χ2n) is 9.35. The zero-order valence-electron chi connectivity index (χ0n) is 24.8. The monoisotopic (exact) mass is 621 g/mol. The number of benzene rings is 1. The van der Waals surface area contributed by atoms with E-state index in [2.05, 4.69) is 21.3 Å². The Morgan fingerprint density at radius 3 is 1.98 bits per heavy atom. The molecule has 0 unspecified atom stereocenters. The van der Waals surface area contributed by atoms with Crippen molar-refractivity contribution in [3.05, 3.63) is 51.4 Å². The average Bonchev–Trinajstić information content (AvgIpc) is 3.00. The molecule has 44 heavy (non-hydrogen) atoms. The van der Waals surface area contributed by atoms with Crippen LogP contribution in [0.3, 0.4) is 0 Å². The number of carbonyl (C=O) groups is 4. The van der Waals surface area contributed by atoms with Gasteiger partial charge in [0.05, 0.1) is 49.7 Å². The molecule has 0 fully saturated rings. The summed E-state index contributed by atoms with van der Waals surface area (Å²) in [5.74, 6) is -5.82. The fraction of sp³-hybridized carbons (Fsp3) is 0.464. The smallest absolute Gasteiger partial charge is 0.293 e. The van der Waals surface area contributed by atoms with Gasteiger partial charge in [-0.25, -0.2) is 0 Å². The number of phenolic OH excluding ortho intramolecular Hbond substituents is 2. The van der Waals surface area contributed by atoms with Crippen LogP contribution in [0.1, 0.15) is 44.4 Å². The van der Waals surface area contributed by atoms with E-state index in [0.717, 1.165) is 16.7 Å². The fourth-order valence-electron chi connectivity index (χ4n) is 3.65. The summed E-state index contributed by atoms with van der Waals surface area (Å²) >= 11 is 0. The predicted molar refractivity (Wildman–Crippen MR) is 156 cm³/mol. The minimum Gasteiger partial charge on any atom is -0.504 e. The molecule has 2 aromatic rings. The molecule has 0 spiro atoms. The van der Waals surface area contributed by atoms with Crippen LogP contribution >= 0.6 is 0 Å². The summed E-state index contributed by atoms with van der Waals surface area (Å²) < 4.78 is 16.6. The molecule has 0 saturated heterocycles. The Morgan fingerprint density at radius 1 is 0.773 bits per heavy atom. The number of amides is 4. The summed E-state index contributed by atoms with van der Waals surface area (Å²) in [7, 11) is 2.93. The van der Waals surface area contributed by atoms with Crippen molar-refractivity contribution >= 4 is 23.6 Å². The van der Waals surface area contributed by atoms with Crippen molar-refractivity contribution in [3.63, 3.8) is 0 Å². The molecule has 1 aromatic carbocycles. The normalized spacial score (nSPS) is 11.4. The Hall–Kier alpha value is -4.67. The maximum atomic E-state index is 13.1. The number of ether oxygens (including phenoxy) is 3. The van der Waals surface area contributed by atoms with Crippen molar-refractivity contribution in [2.24, 2.45) is 7.05 Å². The van der Waals surface area contributed by atoms with Gasteiger partial charge in [0.1, 0.15) is 6.04 Å². The molecule has 0 radical (unpaired) electrons. The van der Waals surface area contributed by atoms with Crippen molar-refractivity contribution in [2.45, 2.75) is 19.4 Å². The van der Waals surface area contributed by atoms with Crippen LogP contribution in [-0.2, 0) is 26.1 Å². The van der Waals surface area contributed by atoms with Gasteiger partial charge in [0.15, 0.2) is 17.2 Å². The number of hydrogen-bond donors (Lipinski definition) is 7. The summed E-state index contributed by atoms with van der Waals surface area (Å²) in [6, 6.07) is 2.02. The average molecular weight is 622 g/mol. The van der Waals surface area contributed by atoms with E-state index >= 15 is 0 Å². The third-order valence-electron chi connectivity index (χ3n) is 6.10. The third-order valence-corrected chi connectivity index (χ3v) is 6.10. The maximum Gasteiger partial charge on any atom is 0.293 e. The lowest BCUT2D eigenvalue weighted by Crippen LogP contribution is -2.53. The lowest BCUT2D eigenvalue weighted by molar-refractivity contribution is -0.123. The van der Waals surface area contributed by atoms with Crippen LogP contribution in [-0.4, -0.2) is 109 Å². The molecule has 0 saturated carbocycles. The number of aromatic hydroxyl groups is 3. The highest BCUT2D eigenvalue weighted by Crippen LogP contribution is 2.32. The lowest BCUT2D eigenvalue weighted by Gasteiger charge is -2.20. The quantitative estimate of drug-likeness (QED) is 0.0786. The number of phenols is 2. The summed E-state index contributed by atoms with van der Waals surface area (Å²) in [5, 5.41) is 40.7. The Labute approximate surface area is 253 Å². The number of aryl methyl sites for hydroxylation is 1. The van der Waals surface area contributed by atoms with E-state index in [0.29, 0.717) is 32.8 Å². The second kappa shape index (κ2) is 18.1. The Kier molecular flexibility index (Phi) is 14.6. The largest absolute Gasteiger partial charge is 0.504 e. The highest BCUT2D eigenvalue weighted by molar-refractivity contribution is 6.04. The molecule has 1 aromatic heterocycles. The highest BCUT2D eigenvalue weighted by Gasteiger charge is 2.27. The van der Waals surface area contributed by atoms with Gasteiger partial charge in [0.2, 0.25) is 5.91 Å². The number of aromatic nitrogens is 1. The maximum absolute atomic E-state index is 13.1. The molecule has 7 N–H and O–H groups in total.